The van der Waals surface area contributed by atoms with Crippen molar-refractivity contribution >= 4 is 22.8 Å². The summed E-state index contributed by atoms with van der Waals surface area (Å²) < 4.78 is 0. The van der Waals surface area contributed by atoms with Gasteiger partial charge in [0, 0.05) is 7.05 Å². The number of anilines is 1. The van der Waals surface area contributed by atoms with Gasteiger partial charge in [0.05, 0.1) is 11.6 Å². The van der Waals surface area contributed by atoms with Gasteiger partial charge in [0.1, 0.15) is 18.2 Å². The van der Waals surface area contributed by atoms with E-state index in [0.717, 1.165) is 0 Å². The zero-order valence-corrected chi connectivity index (χ0v) is 8.88. The van der Waals surface area contributed by atoms with Crippen molar-refractivity contribution in [3.05, 3.63) is 12.5 Å². The third-order valence-corrected chi connectivity index (χ3v) is 2.50. The number of carboxylic acid groups (broad SMARTS) is 1. The van der Waals surface area contributed by atoms with Crippen molar-refractivity contribution in [3.63, 3.8) is 0 Å². The molecule has 0 radical (unpaired) electrons. The van der Waals surface area contributed by atoms with E-state index in [1.54, 1.807) is 25.1 Å². The van der Waals surface area contributed by atoms with Crippen molar-refractivity contribution in [2.24, 2.45) is 0 Å². The van der Waals surface area contributed by atoms with E-state index >= 15 is 0 Å². The van der Waals surface area contributed by atoms with Crippen LogP contribution in [0.2, 0.25) is 0 Å². The summed E-state index contributed by atoms with van der Waals surface area (Å²) in [5.41, 5.74) is 0.592. The summed E-state index contributed by atoms with van der Waals surface area (Å²) in [4.78, 5) is 20.5. The fourth-order valence-electron chi connectivity index (χ4n) is 1.38. The van der Waals surface area contributed by atoms with Crippen LogP contribution in [-0.2, 0) is 4.79 Å². The third-order valence-electron chi connectivity index (χ3n) is 2.50. The minimum atomic E-state index is -0.905. The molecule has 0 aliphatic rings. The molecular weight excluding hydrogens is 210 g/mol. The van der Waals surface area contributed by atoms with Crippen LogP contribution in [0.1, 0.15) is 6.92 Å². The molecule has 0 saturated carbocycles. The number of nitrogens with zero attached hydrogens (tertiary/aromatic N) is 4. The number of fused-ring (bicyclic) bond motifs is 1. The summed E-state index contributed by atoms with van der Waals surface area (Å²) in [6.45, 7) is 1.59. The number of hydrogen-bond acceptors (Lipinski definition) is 5. The third kappa shape index (κ3) is 1.56. The lowest BCUT2D eigenvalue weighted by Crippen LogP contribution is -2.36. The smallest absolute Gasteiger partial charge is 0.326 e. The lowest BCUT2D eigenvalue weighted by Gasteiger charge is -2.22. The number of likely N-dealkylation sites (N-methyl/N-ethyl adjacent to an activating group) is 1. The maximum absolute atomic E-state index is 10.9. The van der Waals surface area contributed by atoms with E-state index in [1.807, 2.05) is 0 Å². The van der Waals surface area contributed by atoms with Gasteiger partial charge in [-0.3, -0.25) is 5.10 Å². The highest BCUT2D eigenvalue weighted by atomic mass is 16.4. The van der Waals surface area contributed by atoms with E-state index in [1.165, 1.54) is 6.33 Å². The van der Waals surface area contributed by atoms with Crippen molar-refractivity contribution in [1.82, 2.24) is 20.2 Å². The average Bonchev–Trinajstić information content (AvgIpc) is 2.74. The molecule has 0 bridgehead atoms. The Morgan fingerprint density at radius 1 is 1.56 bits per heavy atom. The van der Waals surface area contributed by atoms with Crippen LogP contribution in [0, 0.1) is 0 Å². The molecule has 0 aliphatic heterocycles. The summed E-state index contributed by atoms with van der Waals surface area (Å²) in [7, 11) is 1.67. The van der Waals surface area contributed by atoms with E-state index in [0.29, 0.717) is 16.9 Å². The van der Waals surface area contributed by atoms with Crippen LogP contribution in [-0.4, -0.2) is 44.3 Å². The summed E-state index contributed by atoms with van der Waals surface area (Å²) in [6.07, 6.45) is 2.96. The highest BCUT2D eigenvalue weighted by Gasteiger charge is 2.20. The average molecular weight is 221 g/mol. The molecule has 7 nitrogen and oxygen atoms in total. The molecule has 2 aromatic rings. The monoisotopic (exact) mass is 221 g/mol. The Morgan fingerprint density at radius 3 is 3.00 bits per heavy atom. The molecule has 16 heavy (non-hydrogen) atoms. The van der Waals surface area contributed by atoms with Gasteiger partial charge in [0.25, 0.3) is 0 Å². The number of aromatic amines is 1. The Morgan fingerprint density at radius 2 is 2.31 bits per heavy atom. The first-order valence-corrected chi connectivity index (χ1v) is 4.71. The van der Waals surface area contributed by atoms with Crippen molar-refractivity contribution in [1.29, 1.82) is 0 Å². The second-order valence-corrected chi connectivity index (χ2v) is 3.45. The molecule has 1 unspecified atom stereocenters. The number of rotatable bonds is 3. The van der Waals surface area contributed by atoms with Gasteiger partial charge in [-0.05, 0) is 6.92 Å². The van der Waals surface area contributed by atoms with E-state index in [2.05, 4.69) is 20.2 Å². The number of nitrogens with one attached hydrogen (secondary N) is 1. The highest BCUT2D eigenvalue weighted by molar-refractivity contribution is 5.88. The Bertz CT molecular complexity index is 523. The first-order chi connectivity index (χ1) is 7.61. The van der Waals surface area contributed by atoms with Gasteiger partial charge in [-0.15, -0.1) is 0 Å². The van der Waals surface area contributed by atoms with E-state index < -0.39 is 12.0 Å². The molecule has 2 heterocycles. The summed E-state index contributed by atoms with van der Waals surface area (Å²) in [6, 6.07) is -0.659. The van der Waals surface area contributed by atoms with Gasteiger partial charge in [0.2, 0.25) is 0 Å². The van der Waals surface area contributed by atoms with Crippen LogP contribution >= 0.6 is 0 Å². The molecular formula is C9H11N5O2. The fraction of sp³-hybridized carbons (Fsp3) is 0.333. The summed E-state index contributed by atoms with van der Waals surface area (Å²) in [5.74, 6) is -0.355. The van der Waals surface area contributed by atoms with Crippen LogP contribution in [0.5, 0.6) is 0 Å². The minimum absolute atomic E-state index is 0.550. The van der Waals surface area contributed by atoms with Gasteiger partial charge in [-0.1, -0.05) is 0 Å². The highest BCUT2D eigenvalue weighted by Crippen LogP contribution is 2.21. The molecule has 1 atom stereocenters. The number of aliphatic carboxylic acids is 1. The minimum Gasteiger partial charge on any atom is -0.480 e. The van der Waals surface area contributed by atoms with Gasteiger partial charge < -0.3 is 10.0 Å². The molecule has 2 N–H and O–H groups in total. The molecule has 0 spiro atoms. The first kappa shape index (κ1) is 10.3. The SMILES string of the molecule is CC(C(=O)O)N(C)c1ncnc2[nH]ncc12. The zero-order chi connectivity index (χ0) is 11.7. The fourth-order valence-corrected chi connectivity index (χ4v) is 1.38. The predicted octanol–water partition coefficient (Wildman–Crippen LogP) is 0.262. The van der Waals surface area contributed by atoms with Crippen molar-refractivity contribution < 1.29 is 9.90 Å². The quantitative estimate of drug-likeness (QED) is 0.772. The summed E-state index contributed by atoms with van der Waals surface area (Å²) in [5, 5.41) is 16.2. The van der Waals surface area contributed by atoms with E-state index in [-0.39, 0.29) is 0 Å². The van der Waals surface area contributed by atoms with Gasteiger partial charge in [0.15, 0.2) is 5.65 Å². The summed E-state index contributed by atoms with van der Waals surface area (Å²) >= 11 is 0. The van der Waals surface area contributed by atoms with Crippen molar-refractivity contribution in [2.75, 3.05) is 11.9 Å². The Balaban J connectivity index is 2.46. The molecule has 0 saturated heterocycles. The first-order valence-electron chi connectivity index (χ1n) is 4.71. The topological polar surface area (TPSA) is 95.0 Å². The van der Waals surface area contributed by atoms with Crippen LogP contribution < -0.4 is 4.90 Å². The van der Waals surface area contributed by atoms with Crippen molar-refractivity contribution in [3.8, 4) is 0 Å². The van der Waals surface area contributed by atoms with Crippen molar-refractivity contribution in [2.45, 2.75) is 13.0 Å². The van der Waals surface area contributed by atoms with E-state index in [4.69, 9.17) is 5.11 Å². The largest absolute Gasteiger partial charge is 0.480 e. The standard InChI is InChI=1S/C9H11N5O2/c1-5(9(15)16)14(2)8-6-3-12-13-7(6)10-4-11-8/h3-5H,1-2H3,(H,15,16)(H,10,11,12,13). The Kier molecular flexibility index (Phi) is 2.43. The maximum atomic E-state index is 10.9. The van der Waals surface area contributed by atoms with Gasteiger partial charge >= 0.3 is 5.97 Å². The number of hydrogen-bond donors (Lipinski definition) is 2. The molecule has 7 heteroatoms. The van der Waals surface area contributed by atoms with Crippen LogP contribution in [0.15, 0.2) is 12.5 Å². The van der Waals surface area contributed by atoms with Crippen LogP contribution in [0.3, 0.4) is 0 Å². The van der Waals surface area contributed by atoms with Gasteiger partial charge in [-0.25, -0.2) is 14.8 Å². The molecule has 2 rings (SSSR count). The van der Waals surface area contributed by atoms with Crippen LogP contribution in [0.4, 0.5) is 5.82 Å². The molecule has 0 aromatic carbocycles. The second-order valence-electron chi connectivity index (χ2n) is 3.45. The lowest BCUT2D eigenvalue weighted by molar-refractivity contribution is -0.138. The normalized spacial score (nSPS) is 12.6. The number of carboxylic acids is 1. The number of carbonyl (C=O) groups is 1. The Hall–Kier alpha value is -2.18. The predicted molar refractivity (Wildman–Crippen MR) is 57.2 cm³/mol. The molecule has 84 valence electrons. The van der Waals surface area contributed by atoms with Crippen LogP contribution in [0.25, 0.3) is 11.0 Å². The molecule has 2 aromatic heterocycles. The maximum Gasteiger partial charge on any atom is 0.326 e. The van der Waals surface area contributed by atoms with Gasteiger partial charge in [-0.2, -0.15) is 5.10 Å². The van der Waals surface area contributed by atoms with E-state index in [9.17, 15) is 4.79 Å². The number of H-pyrrole nitrogens is 1. The lowest BCUT2D eigenvalue weighted by atomic mass is 10.3. The molecule has 0 fully saturated rings. The molecule has 0 amide bonds. The number of aromatic nitrogens is 4. The Labute approximate surface area is 91.1 Å². The molecule has 0 aliphatic carbocycles. The second kappa shape index (κ2) is 3.76. The zero-order valence-electron chi connectivity index (χ0n) is 8.88.